The van der Waals surface area contributed by atoms with Crippen molar-refractivity contribution in [2.45, 2.75) is 38.8 Å². The van der Waals surface area contributed by atoms with Crippen LogP contribution in [0.3, 0.4) is 0 Å². The van der Waals surface area contributed by atoms with Crippen LogP contribution in [0.5, 0.6) is 0 Å². The quantitative estimate of drug-likeness (QED) is 0.726. The third-order valence-electron chi connectivity index (χ3n) is 3.36. The lowest BCUT2D eigenvalue weighted by atomic mass is 9.90. The highest BCUT2D eigenvalue weighted by atomic mass is 16.4. The number of hydrogen-bond acceptors (Lipinski definition) is 3. The average molecular weight is 214 g/mol. The Hall–Kier alpha value is -0.610. The molecule has 1 aliphatic heterocycles. The average Bonchev–Trinajstić information content (AvgIpc) is 2.13. The van der Waals surface area contributed by atoms with Crippen LogP contribution in [0.2, 0.25) is 0 Å². The Kier molecular flexibility index (Phi) is 4.54. The molecule has 1 saturated heterocycles. The molecule has 4 nitrogen and oxygen atoms in total. The fourth-order valence-corrected chi connectivity index (χ4v) is 2.19. The second-order valence-electron chi connectivity index (χ2n) is 4.71. The summed E-state index contributed by atoms with van der Waals surface area (Å²) in [6.45, 7) is 6.12. The SMILES string of the molecule is CC1CN(C)C(C)CC1NCCC(=O)O. The zero-order valence-corrected chi connectivity index (χ0v) is 9.86. The molecule has 0 amide bonds. The topological polar surface area (TPSA) is 52.6 Å². The van der Waals surface area contributed by atoms with Crippen LogP contribution in [0.25, 0.3) is 0 Å². The molecule has 1 rings (SSSR count). The Morgan fingerprint density at radius 2 is 2.20 bits per heavy atom. The summed E-state index contributed by atoms with van der Waals surface area (Å²) in [6.07, 6.45) is 1.32. The largest absolute Gasteiger partial charge is 0.481 e. The zero-order chi connectivity index (χ0) is 11.4. The van der Waals surface area contributed by atoms with Gasteiger partial charge in [-0.1, -0.05) is 6.92 Å². The van der Waals surface area contributed by atoms with Crippen LogP contribution < -0.4 is 5.32 Å². The van der Waals surface area contributed by atoms with E-state index >= 15 is 0 Å². The number of nitrogens with one attached hydrogen (secondary N) is 1. The first kappa shape index (κ1) is 12.5. The third-order valence-corrected chi connectivity index (χ3v) is 3.36. The van der Waals surface area contributed by atoms with Crippen molar-refractivity contribution in [3.05, 3.63) is 0 Å². The summed E-state index contributed by atoms with van der Waals surface area (Å²) >= 11 is 0. The van der Waals surface area contributed by atoms with E-state index in [1.165, 1.54) is 0 Å². The molecule has 1 heterocycles. The molecule has 88 valence electrons. The van der Waals surface area contributed by atoms with Crippen molar-refractivity contribution >= 4 is 5.97 Å². The maximum atomic E-state index is 10.4. The monoisotopic (exact) mass is 214 g/mol. The summed E-state index contributed by atoms with van der Waals surface area (Å²) < 4.78 is 0. The van der Waals surface area contributed by atoms with Gasteiger partial charge in [0.15, 0.2) is 0 Å². The van der Waals surface area contributed by atoms with Crippen LogP contribution in [0, 0.1) is 5.92 Å². The van der Waals surface area contributed by atoms with E-state index in [1.807, 2.05) is 0 Å². The van der Waals surface area contributed by atoms with E-state index in [1.54, 1.807) is 0 Å². The molecule has 0 bridgehead atoms. The molecule has 4 heteroatoms. The lowest BCUT2D eigenvalue weighted by molar-refractivity contribution is -0.136. The molecular formula is C11H22N2O2. The minimum absolute atomic E-state index is 0.216. The summed E-state index contributed by atoms with van der Waals surface area (Å²) in [7, 11) is 2.15. The fraction of sp³-hybridized carbons (Fsp3) is 0.909. The first-order valence-electron chi connectivity index (χ1n) is 5.66. The zero-order valence-electron chi connectivity index (χ0n) is 9.86. The summed E-state index contributed by atoms with van der Waals surface area (Å²) in [4.78, 5) is 12.8. The first-order chi connectivity index (χ1) is 7.00. The minimum atomic E-state index is -0.726. The van der Waals surface area contributed by atoms with Gasteiger partial charge in [0.25, 0.3) is 0 Å². The van der Waals surface area contributed by atoms with E-state index in [2.05, 4.69) is 31.1 Å². The summed E-state index contributed by atoms with van der Waals surface area (Å²) in [5.41, 5.74) is 0. The lowest BCUT2D eigenvalue weighted by Gasteiger charge is -2.40. The number of hydrogen-bond donors (Lipinski definition) is 2. The molecule has 1 aliphatic rings. The minimum Gasteiger partial charge on any atom is -0.481 e. The standard InChI is InChI=1S/C11H22N2O2/c1-8-7-13(3)9(2)6-10(8)12-5-4-11(14)15/h8-10,12H,4-7H2,1-3H3,(H,14,15). The van der Waals surface area contributed by atoms with Crippen LogP contribution in [-0.2, 0) is 4.79 Å². The molecule has 1 fully saturated rings. The smallest absolute Gasteiger partial charge is 0.304 e. The van der Waals surface area contributed by atoms with E-state index in [-0.39, 0.29) is 6.42 Å². The summed E-state index contributed by atoms with van der Waals surface area (Å²) in [5, 5.41) is 11.9. The number of carboxylic acids is 1. The number of carbonyl (C=O) groups is 1. The highest BCUT2D eigenvalue weighted by Crippen LogP contribution is 2.20. The van der Waals surface area contributed by atoms with Gasteiger partial charge < -0.3 is 15.3 Å². The van der Waals surface area contributed by atoms with E-state index in [0.29, 0.717) is 24.5 Å². The Balaban J connectivity index is 2.31. The predicted molar refractivity (Wildman–Crippen MR) is 59.9 cm³/mol. The van der Waals surface area contributed by atoms with E-state index < -0.39 is 5.97 Å². The Bertz CT molecular complexity index is 221. The normalized spacial score (nSPS) is 32.9. The van der Waals surface area contributed by atoms with Gasteiger partial charge in [-0.05, 0) is 26.3 Å². The van der Waals surface area contributed by atoms with E-state index in [0.717, 1.165) is 13.0 Å². The van der Waals surface area contributed by atoms with Gasteiger partial charge in [0.05, 0.1) is 6.42 Å². The molecule has 0 aromatic rings. The highest BCUT2D eigenvalue weighted by Gasteiger charge is 2.28. The van der Waals surface area contributed by atoms with Gasteiger partial charge in [-0.2, -0.15) is 0 Å². The molecule has 0 radical (unpaired) electrons. The molecular weight excluding hydrogens is 192 g/mol. The number of likely N-dealkylation sites (tertiary alicyclic amines) is 1. The van der Waals surface area contributed by atoms with Gasteiger partial charge in [-0.25, -0.2) is 0 Å². The maximum absolute atomic E-state index is 10.4. The van der Waals surface area contributed by atoms with Gasteiger partial charge in [0.1, 0.15) is 0 Å². The van der Waals surface area contributed by atoms with Crippen molar-refractivity contribution in [1.29, 1.82) is 0 Å². The van der Waals surface area contributed by atoms with Gasteiger partial charge in [0.2, 0.25) is 0 Å². The van der Waals surface area contributed by atoms with Crippen molar-refractivity contribution in [3.63, 3.8) is 0 Å². The van der Waals surface area contributed by atoms with Crippen molar-refractivity contribution in [1.82, 2.24) is 10.2 Å². The van der Waals surface area contributed by atoms with Crippen LogP contribution in [0.15, 0.2) is 0 Å². The van der Waals surface area contributed by atoms with Crippen LogP contribution in [0.4, 0.5) is 0 Å². The van der Waals surface area contributed by atoms with Crippen molar-refractivity contribution in [2.75, 3.05) is 20.1 Å². The second kappa shape index (κ2) is 5.47. The van der Waals surface area contributed by atoms with Gasteiger partial charge >= 0.3 is 5.97 Å². The number of piperidine rings is 1. The fourth-order valence-electron chi connectivity index (χ4n) is 2.19. The number of rotatable bonds is 4. The maximum Gasteiger partial charge on any atom is 0.304 e. The number of nitrogens with zero attached hydrogens (tertiary/aromatic N) is 1. The van der Waals surface area contributed by atoms with E-state index in [9.17, 15) is 4.79 Å². The van der Waals surface area contributed by atoms with E-state index in [4.69, 9.17) is 5.11 Å². The Morgan fingerprint density at radius 1 is 1.53 bits per heavy atom. The second-order valence-corrected chi connectivity index (χ2v) is 4.71. The third kappa shape index (κ3) is 3.80. The van der Waals surface area contributed by atoms with Crippen LogP contribution in [0.1, 0.15) is 26.7 Å². The number of aliphatic carboxylic acids is 1. The van der Waals surface area contributed by atoms with Crippen molar-refractivity contribution < 1.29 is 9.90 Å². The molecule has 0 aromatic carbocycles. The molecule has 3 atom stereocenters. The highest BCUT2D eigenvalue weighted by molar-refractivity contribution is 5.66. The van der Waals surface area contributed by atoms with Gasteiger partial charge in [0, 0.05) is 25.2 Å². The van der Waals surface area contributed by atoms with Gasteiger partial charge in [-0.3, -0.25) is 4.79 Å². The lowest BCUT2D eigenvalue weighted by Crippen LogP contribution is -2.51. The van der Waals surface area contributed by atoms with Crippen LogP contribution in [-0.4, -0.2) is 48.2 Å². The molecule has 3 unspecified atom stereocenters. The molecule has 0 saturated carbocycles. The predicted octanol–water partition coefficient (Wildman–Crippen LogP) is 0.779. The molecule has 0 aliphatic carbocycles. The molecule has 0 aromatic heterocycles. The molecule has 2 N–H and O–H groups in total. The Labute approximate surface area is 91.6 Å². The molecule has 0 spiro atoms. The van der Waals surface area contributed by atoms with Gasteiger partial charge in [-0.15, -0.1) is 0 Å². The summed E-state index contributed by atoms with van der Waals surface area (Å²) in [6, 6.07) is 1.05. The summed E-state index contributed by atoms with van der Waals surface area (Å²) in [5.74, 6) is -0.129. The van der Waals surface area contributed by atoms with Crippen LogP contribution >= 0.6 is 0 Å². The Morgan fingerprint density at radius 3 is 2.80 bits per heavy atom. The van der Waals surface area contributed by atoms with Crippen molar-refractivity contribution in [2.24, 2.45) is 5.92 Å². The first-order valence-corrected chi connectivity index (χ1v) is 5.66. The van der Waals surface area contributed by atoms with Crippen molar-refractivity contribution in [3.8, 4) is 0 Å². The molecule has 15 heavy (non-hydrogen) atoms. The number of carboxylic acid groups (broad SMARTS) is 1.